The van der Waals surface area contributed by atoms with Gasteiger partial charge in [-0.2, -0.15) is 13.2 Å². The Morgan fingerprint density at radius 3 is 2.68 bits per heavy atom. The number of hydrogen-bond acceptors (Lipinski definition) is 6. The minimum Gasteiger partial charge on any atom is -0.348 e. The van der Waals surface area contributed by atoms with Crippen LogP contribution < -0.4 is 16.0 Å². The van der Waals surface area contributed by atoms with E-state index in [0.29, 0.717) is 18.7 Å². The summed E-state index contributed by atoms with van der Waals surface area (Å²) in [4.78, 5) is 35.1. The van der Waals surface area contributed by atoms with Gasteiger partial charge in [-0.15, -0.1) is 0 Å². The second kappa shape index (κ2) is 8.23. The maximum atomic E-state index is 12.8. The SMILES string of the molecule is C[C@@H](NC(=O)C1CC(=O)NC(N2Cc3cncnc3C2)N1)c1ccc(C(F)(F)F)cc1. The molecule has 1 fully saturated rings. The van der Waals surface area contributed by atoms with Crippen LogP contribution in [0.2, 0.25) is 0 Å². The van der Waals surface area contributed by atoms with Gasteiger partial charge in [0.25, 0.3) is 0 Å². The first kappa shape index (κ1) is 21.2. The van der Waals surface area contributed by atoms with E-state index in [9.17, 15) is 22.8 Å². The van der Waals surface area contributed by atoms with E-state index in [2.05, 4.69) is 25.9 Å². The van der Waals surface area contributed by atoms with Crippen LogP contribution in [0.5, 0.6) is 0 Å². The smallest absolute Gasteiger partial charge is 0.348 e. The van der Waals surface area contributed by atoms with Gasteiger partial charge in [0.1, 0.15) is 12.6 Å². The number of carbonyl (C=O) groups is 2. The molecule has 1 saturated heterocycles. The van der Waals surface area contributed by atoms with E-state index in [1.54, 1.807) is 13.1 Å². The normalized spacial score (nSPS) is 22.5. The highest BCUT2D eigenvalue weighted by Gasteiger charge is 2.36. The second-order valence-electron chi connectivity index (χ2n) is 7.64. The first-order chi connectivity index (χ1) is 14.7. The van der Waals surface area contributed by atoms with Crippen molar-refractivity contribution < 1.29 is 22.8 Å². The lowest BCUT2D eigenvalue weighted by atomic mass is 10.0. The largest absolute Gasteiger partial charge is 0.416 e. The fourth-order valence-corrected chi connectivity index (χ4v) is 3.72. The minimum atomic E-state index is -4.42. The van der Waals surface area contributed by atoms with Gasteiger partial charge < -0.3 is 10.6 Å². The zero-order valence-electron chi connectivity index (χ0n) is 16.6. The van der Waals surface area contributed by atoms with Crippen molar-refractivity contribution in [3.05, 3.63) is 59.2 Å². The summed E-state index contributed by atoms with van der Waals surface area (Å²) in [5.74, 6) is -0.670. The van der Waals surface area contributed by atoms with E-state index in [-0.39, 0.29) is 12.3 Å². The van der Waals surface area contributed by atoms with Crippen molar-refractivity contribution in [3.8, 4) is 0 Å². The summed E-state index contributed by atoms with van der Waals surface area (Å²) in [6.07, 6.45) is -1.81. The van der Waals surface area contributed by atoms with E-state index in [4.69, 9.17) is 0 Å². The molecular weight excluding hydrogens is 413 g/mol. The lowest BCUT2D eigenvalue weighted by molar-refractivity contribution is -0.137. The van der Waals surface area contributed by atoms with Crippen molar-refractivity contribution in [2.75, 3.05) is 0 Å². The molecule has 164 valence electrons. The number of alkyl halides is 3. The van der Waals surface area contributed by atoms with E-state index in [1.807, 2.05) is 4.90 Å². The van der Waals surface area contributed by atoms with Gasteiger partial charge >= 0.3 is 6.18 Å². The van der Waals surface area contributed by atoms with Gasteiger partial charge in [0.15, 0.2) is 0 Å². The molecule has 31 heavy (non-hydrogen) atoms. The van der Waals surface area contributed by atoms with Crippen LogP contribution in [-0.2, 0) is 28.9 Å². The molecule has 0 saturated carbocycles. The minimum absolute atomic E-state index is 0.0390. The Kier molecular flexibility index (Phi) is 5.63. The highest BCUT2D eigenvalue weighted by atomic mass is 19.4. The monoisotopic (exact) mass is 434 g/mol. The van der Waals surface area contributed by atoms with Crippen molar-refractivity contribution >= 4 is 11.8 Å². The topological polar surface area (TPSA) is 99.3 Å². The zero-order chi connectivity index (χ0) is 22.2. The van der Waals surface area contributed by atoms with E-state index in [0.717, 1.165) is 23.4 Å². The Morgan fingerprint density at radius 2 is 2.00 bits per heavy atom. The molecule has 1 aromatic carbocycles. The molecule has 3 atom stereocenters. The third-order valence-electron chi connectivity index (χ3n) is 5.43. The molecule has 2 aliphatic heterocycles. The van der Waals surface area contributed by atoms with Crippen LogP contribution in [0.3, 0.4) is 0 Å². The Labute approximate surface area is 176 Å². The summed E-state index contributed by atoms with van der Waals surface area (Å²) in [7, 11) is 0. The molecule has 4 rings (SSSR count). The number of nitrogens with zero attached hydrogens (tertiary/aromatic N) is 3. The second-order valence-corrected chi connectivity index (χ2v) is 7.64. The molecule has 11 heteroatoms. The summed E-state index contributed by atoms with van der Waals surface area (Å²) >= 11 is 0. The van der Waals surface area contributed by atoms with Crippen LogP contribution in [0, 0.1) is 0 Å². The third kappa shape index (κ3) is 4.67. The summed E-state index contributed by atoms with van der Waals surface area (Å²) in [6.45, 7) is 2.72. The van der Waals surface area contributed by atoms with Gasteiger partial charge in [-0.05, 0) is 24.6 Å². The van der Waals surface area contributed by atoms with Crippen molar-refractivity contribution in [3.63, 3.8) is 0 Å². The van der Waals surface area contributed by atoms with Crippen molar-refractivity contribution in [1.29, 1.82) is 0 Å². The predicted molar refractivity (Wildman–Crippen MR) is 103 cm³/mol. The third-order valence-corrected chi connectivity index (χ3v) is 5.43. The fraction of sp³-hybridized carbons (Fsp3) is 0.400. The molecule has 0 bridgehead atoms. The molecule has 2 amide bonds. The Morgan fingerprint density at radius 1 is 1.26 bits per heavy atom. The van der Waals surface area contributed by atoms with E-state index < -0.39 is 36.0 Å². The van der Waals surface area contributed by atoms with Crippen LogP contribution in [0.4, 0.5) is 13.2 Å². The summed E-state index contributed by atoms with van der Waals surface area (Å²) in [6, 6.07) is 3.33. The van der Waals surface area contributed by atoms with Crippen molar-refractivity contribution in [1.82, 2.24) is 30.8 Å². The number of nitrogens with one attached hydrogen (secondary N) is 3. The van der Waals surface area contributed by atoms with Crippen LogP contribution in [-0.4, -0.2) is 39.0 Å². The molecule has 0 spiro atoms. The summed E-state index contributed by atoms with van der Waals surface area (Å²) < 4.78 is 38.2. The molecule has 8 nitrogen and oxygen atoms in total. The van der Waals surface area contributed by atoms with Gasteiger partial charge in [-0.3, -0.25) is 19.8 Å². The van der Waals surface area contributed by atoms with Crippen LogP contribution >= 0.6 is 0 Å². The molecule has 3 N–H and O–H groups in total. The number of benzene rings is 1. The lowest BCUT2D eigenvalue weighted by Gasteiger charge is -2.36. The summed E-state index contributed by atoms with van der Waals surface area (Å²) in [5, 5.41) is 8.73. The number of carbonyl (C=O) groups excluding carboxylic acids is 2. The van der Waals surface area contributed by atoms with Crippen LogP contribution in [0.15, 0.2) is 36.8 Å². The van der Waals surface area contributed by atoms with Gasteiger partial charge in [0.2, 0.25) is 11.8 Å². The highest BCUT2D eigenvalue weighted by Crippen LogP contribution is 2.30. The maximum Gasteiger partial charge on any atom is 0.416 e. The number of hydrogen-bond donors (Lipinski definition) is 3. The predicted octanol–water partition coefficient (Wildman–Crippen LogP) is 1.45. The Balaban J connectivity index is 1.38. The highest BCUT2D eigenvalue weighted by molar-refractivity contribution is 5.89. The molecule has 2 unspecified atom stereocenters. The quantitative estimate of drug-likeness (QED) is 0.674. The van der Waals surface area contributed by atoms with Gasteiger partial charge in [-0.1, -0.05) is 12.1 Å². The number of aromatic nitrogens is 2. The average Bonchev–Trinajstić information content (AvgIpc) is 3.17. The van der Waals surface area contributed by atoms with Crippen molar-refractivity contribution in [2.45, 2.75) is 51.0 Å². The fourth-order valence-electron chi connectivity index (χ4n) is 3.72. The molecular formula is C20H21F3N6O2. The lowest BCUT2D eigenvalue weighted by Crippen LogP contribution is -2.65. The Bertz CT molecular complexity index is 957. The number of amides is 2. The number of fused-ring (bicyclic) bond motifs is 1. The number of halogens is 3. The van der Waals surface area contributed by atoms with Crippen LogP contribution in [0.25, 0.3) is 0 Å². The Hall–Kier alpha value is -3.05. The first-order valence-corrected chi connectivity index (χ1v) is 9.75. The molecule has 0 aliphatic carbocycles. The van der Waals surface area contributed by atoms with Gasteiger partial charge in [0.05, 0.1) is 29.8 Å². The van der Waals surface area contributed by atoms with Crippen molar-refractivity contribution in [2.24, 2.45) is 0 Å². The summed E-state index contributed by atoms with van der Waals surface area (Å²) in [5.41, 5.74) is 1.61. The van der Waals surface area contributed by atoms with Crippen LogP contribution in [0.1, 0.15) is 41.8 Å². The van der Waals surface area contributed by atoms with E-state index in [1.165, 1.54) is 18.5 Å². The van der Waals surface area contributed by atoms with E-state index >= 15 is 0 Å². The van der Waals surface area contributed by atoms with Gasteiger partial charge in [0, 0.05) is 24.8 Å². The average molecular weight is 434 g/mol. The molecule has 2 aromatic rings. The first-order valence-electron chi connectivity index (χ1n) is 9.75. The van der Waals surface area contributed by atoms with Gasteiger partial charge in [-0.25, -0.2) is 9.97 Å². The number of rotatable bonds is 4. The standard InChI is InChI=1S/C20H21F3N6O2/c1-11(12-2-4-14(5-3-12)20(21,22)23)26-18(31)15-6-17(30)28-19(27-15)29-8-13-7-24-10-25-16(13)9-29/h2-5,7,10-11,15,19,27H,6,8-9H2,1H3,(H,26,31)(H,28,30)/t11-,15?,19?/m1/s1. The maximum absolute atomic E-state index is 12.8. The molecule has 3 heterocycles. The molecule has 2 aliphatic rings. The molecule has 1 aromatic heterocycles. The molecule has 0 radical (unpaired) electrons. The zero-order valence-corrected chi connectivity index (χ0v) is 16.6.